The Morgan fingerprint density at radius 2 is 1.93 bits per heavy atom. The van der Waals surface area contributed by atoms with E-state index in [2.05, 4.69) is 20.8 Å². The predicted octanol–water partition coefficient (Wildman–Crippen LogP) is 2.99. The van der Waals surface area contributed by atoms with Gasteiger partial charge in [-0.15, -0.1) is 0 Å². The van der Waals surface area contributed by atoms with E-state index in [0.717, 1.165) is 25.9 Å². The van der Waals surface area contributed by atoms with E-state index in [1.807, 2.05) is 0 Å². The summed E-state index contributed by atoms with van der Waals surface area (Å²) in [6, 6.07) is 0. The summed E-state index contributed by atoms with van der Waals surface area (Å²) in [5, 5.41) is 10.2. The molecule has 1 aliphatic rings. The maximum atomic E-state index is 10.2. The maximum Gasteiger partial charge on any atom is 0.0626 e. The molecule has 3 atom stereocenters. The van der Waals surface area contributed by atoms with Crippen LogP contribution in [-0.4, -0.2) is 23.9 Å². The molecular formula is C13H26O2. The van der Waals surface area contributed by atoms with Crippen LogP contribution in [0.1, 0.15) is 52.9 Å². The number of aliphatic hydroxyl groups is 1. The van der Waals surface area contributed by atoms with Crippen LogP contribution in [0.25, 0.3) is 0 Å². The van der Waals surface area contributed by atoms with E-state index in [1.165, 1.54) is 12.8 Å². The smallest absolute Gasteiger partial charge is 0.0626 e. The van der Waals surface area contributed by atoms with Gasteiger partial charge in [-0.25, -0.2) is 0 Å². The summed E-state index contributed by atoms with van der Waals surface area (Å²) in [4.78, 5) is 0. The lowest BCUT2D eigenvalue weighted by Crippen LogP contribution is -2.29. The SMILES string of the molecule is CCC(CC)CC(O)C1CCOC1CC. The maximum absolute atomic E-state index is 10.2. The Hall–Kier alpha value is -0.0800. The van der Waals surface area contributed by atoms with Gasteiger partial charge >= 0.3 is 0 Å². The lowest BCUT2D eigenvalue weighted by atomic mass is 9.86. The normalized spacial score (nSPS) is 28.6. The minimum absolute atomic E-state index is 0.151. The minimum atomic E-state index is -0.151. The Morgan fingerprint density at radius 1 is 1.27 bits per heavy atom. The van der Waals surface area contributed by atoms with Crippen molar-refractivity contribution in [1.82, 2.24) is 0 Å². The van der Waals surface area contributed by atoms with Gasteiger partial charge in [-0.3, -0.25) is 0 Å². The van der Waals surface area contributed by atoms with E-state index in [1.54, 1.807) is 0 Å². The number of aliphatic hydroxyl groups excluding tert-OH is 1. The number of ether oxygens (including phenoxy) is 1. The zero-order chi connectivity index (χ0) is 11.3. The standard InChI is InChI=1S/C13H26O2/c1-4-10(5-2)9-12(14)11-7-8-15-13(11)6-3/h10-14H,4-9H2,1-3H3. The van der Waals surface area contributed by atoms with Crippen LogP contribution in [0.3, 0.4) is 0 Å². The molecule has 0 bridgehead atoms. The highest BCUT2D eigenvalue weighted by molar-refractivity contribution is 4.82. The lowest BCUT2D eigenvalue weighted by Gasteiger charge is -2.25. The fourth-order valence-electron chi connectivity index (χ4n) is 2.66. The highest BCUT2D eigenvalue weighted by Gasteiger charge is 2.33. The van der Waals surface area contributed by atoms with E-state index in [9.17, 15) is 5.11 Å². The van der Waals surface area contributed by atoms with E-state index in [-0.39, 0.29) is 6.10 Å². The minimum Gasteiger partial charge on any atom is -0.393 e. The van der Waals surface area contributed by atoms with Crippen LogP contribution in [0.4, 0.5) is 0 Å². The van der Waals surface area contributed by atoms with Gasteiger partial charge in [0.15, 0.2) is 0 Å². The molecule has 1 saturated heterocycles. The molecule has 0 amide bonds. The van der Waals surface area contributed by atoms with E-state index < -0.39 is 0 Å². The van der Waals surface area contributed by atoms with Gasteiger partial charge in [0.2, 0.25) is 0 Å². The van der Waals surface area contributed by atoms with Crippen molar-refractivity contribution in [2.75, 3.05) is 6.61 Å². The van der Waals surface area contributed by atoms with Crippen molar-refractivity contribution in [3.63, 3.8) is 0 Å². The zero-order valence-corrected chi connectivity index (χ0v) is 10.4. The van der Waals surface area contributed by atoms with Crippen molar-refractivity contribution in [3.8, 4) is 0 Å². The number of hydrogen-bond donors (Lipinski definition) is 1. The highest BCUT2D eigenvalue weighted by atomic mass is 16.5. The first-order valence-electron chi connectivity index (χ1n) is 6.52. The molecule has 0 aromatic heterocycles. The highest BCUT2D eigenvalue weighted by Crippen LogP contribution is 2.30. The van der Waals surface area contributed by atoms with Crippen molar-refractivity contribution >= 4 is 0 Å². The molecule has 0 spiro atoms. The van der Waals surface area contributed by atoms with Gasteiger partial charge in [-0.2, -0.15) is 0 Å². The third-order valence-electron chi connectivity index (χ3n) is 3.89. The summed E-state index contributed by atoms with van der Waals surface area (Å²) in [5.41, 5.74) is 0. The first-order chi connectivity index (χ1) is 7.22. The first kappa shape index (κ1) is 13.0. The van der Waals surface area contributed by atoms with Gasteiger partial charge in [0, 0.05) is 12.5 Å². The second-order valence-electron chi connectivity index (χ2n) is 4.76. The van der Waals surface area contributed by atoms with Crippen LogP contribution < -0.4 is 0 Å². The van der Waals surface area contributed by atoms with Crippen molar-refractivity contribution in [1.29, 1.82) is 0 Å². The Labute approximate surface area is 94.0 Å². The molecule has 0 saturated carbocycles. The molecule has 15 heavy (non-hydrogen) atoms. The van der Waals surface area contributed by atoms with Gasteiger partial charge in [-0.05, 0) is 25.2 Å². The van der Waals surface area contributed by atoms with Crippen LogP contribution in [0, 0.1) is 11.8 Å². The van der Waals surface area contributed by atoms with Crippen molar-refractivity contribution < 1.29 is 9.84 Å². The van der Waals surface area contributed by atoms with Crippen molar-refractivity contribution in [2.24, 2.45) is 11.8 Å². The summed E-state index contributed by atoms with van der Waals surface area (Å²) in [6.45, 7) is 7.41. The summed E-state index contributed by atoms with van der Waals surface area (Å²) in [5.74, 6) is 1.06. The molecule has 1 aliphatic heterocycles. The van der Waals surface area contributed by atoms with Crippen LogP contribution in [-0.2, 0) is 4.74 Å². The third-order valence-corrected chi connectivity index (χ3v) is 3.89. The van der Waals surface area contributed by atoms with Gasteiger partial charge < -0.3 is 9.84 Å². The largest absolute Gasteiger partial charge is 0.393 e. The van der Waals surface area contributed by atoms with E-state index in [0.29, 0.717) is 17.9 Å². The van der Waals surface area contributed by atoms with Crippen LogP contribution in [0.2, 0.25) is 0 Å². The molecule has 1 N–H and O–H groups in total. The Kier molecular flexibility index (Phi) is 5.62. The lowest BCUT2D eigenvalue weighted by molar-refractivity contribution is 0.0198. The predicted molar refractivity (Wildman–Crippen MR) is 62.8 cm³/mol. The number of rotatable bonds is 6. The van der Waals surface area contributed by atoms with Gasteiger partial charge in [-0.1, -0.05) is 33.6 Å². The topological polar surface area (TPSA) is 29.5 Å². The van der Waals surface area contributed by atoms with Crippen molar-refractivity contribution in [3.05, 3.63) is 0 Å². The molecule has 1 rings (SSSR count). The quantitative estimate of drug-likeness (QED) is 0.736. The number of hydrogen-bond acceptors (Lipinski definition) is 2. The van der Waals surface area contributed by atoms with E-state index in [4.69, 9.17) is 4.74 Å². The first-order valence-corrected chi connectivity index (χ1v) is 6.52. The van der Waals surface area contributed by atoms with Crippen molar-refractivity contribution in [2.45, 2.75) is 65.1 Å². The van der Waals surface area contributed by atoms with E-state index >= 15 is 0 Å². The molecule has 0 radical (unpaired) electrons. The Morgan fingerprint density at radius 3 is 2.47 bits per heavy atom. The summed E-state index contributed by atoms with van der Waals surface area (Å²) < 4.78 is 5.62. The second-order valence-corrected chi connectivity index (χ2v) is 4.76. The molecule has 1 fully saturated rings. The Bertz CT molecular complexity index is 166. The molecule has 1 heterocycles. The third kappa shape index (κ3) is 3.46. The molecule has 0 aromatic carbocycles. The Balaban J connectivity index is 2.41. The fraction of sp³-hybridized carbons (Fsp3) is 1.00. The average molecular weight is 214 g/mol. The molecule has 2 nitrogen and oxygen atoms in total. The summed E-state index contributed by atoms with van der Waals surface area (Å²) in [6.07, 6.45) is 5.54. The summed E-state index contributed by atoms with van der Waals surface area (Å²) >= 11 is 0. The molecule has 2 heteroatoms. The van der Waals surface area contributed by atoms with Gasteiger partial charge in [0.25, 0.3) is 0 Å². The monoisotopic (exact) mass is 214 g/mol. The molecule has 90 valence electrons. The molecular weight excluding hydrogens is 188 g/mol. The molecule has 0 aliphatic carbocycles. The van der Waals surface area contributed by atoms with Crippen LogP contribution in [0.5, 0.6) is 0 Å². The summed E-state index contributed by atoms with van der Waals surface area (Å²) in [7, 11) is 0. The second kappa shape index (κ2) is 6.49. The molecule has 0 aromatic rings. The zero-order valence-electron chi connectivity index (χ0n) is 10.4. The fourth-order valence-corrected chi connectivity index (χ4v) is 2.66. The van der Waals surface area contributed by atoms with Gasteiger partial charge in [0.05, 0.1) is 12.2 Å². The average Bonchev–Trinajstić information content (AvgIpc) is 2.73. The van der Waals surface area contributed by atoms with Crippen LogP contribution >= 0.6 is 0 Å². The van der Waals surface area contributed by atoms with Gasteiger partial charge in [0.1, 0.15) is 0 Å². The van der Waals surface area contributed by atoms with Crippen LogP contribution in [0.15, 0.2) is 0 Å². The molecule has 3 unspecified atom stereocenters.